The maximum Gasteiger partial charge on any atom is 0.317 e. The first-order valence-corrected chi connectivity index (χ1v) is 10.1. The number of carbonyl (C=O) groups is 2. The normalized spacial score (nSPS) is 22.0. The lowest BCUT2D eigenvalue weighted by Gasteiger charge is -2.30. The van der Waals surface area contributed by atoms with Crippen LogP contribution in [-0.4, -0.2) is 65.5 Å². The van der Waals surface area contributed by atoms with Crippen LogP contribution >= 0.6 is 0 Å². The summed E-state index contributed by atoms with van der Waals surface area (Å²) in [5.74, 6) is -0.0563. The molecule has 0 aliphatic carbocycles. The zero-order valence-corrected chi connectivity index (χ0v) is 16.0. The van der Waals surface area contributed by atoms with E-state index in [9.17, 15) is 9.59 Å². The van der Waals surface area contributed by atoms with Crippen molar-refractivity contribution in [1.82, 2.24) is 15.1 Å². The number of carboxylic acids is 1. The topological polar surface area (TPSA) is 72.9 Å². The summed E-state index contributed by atoms with van der Waals surface area (Å²) < 4.78 is 0. The number of likely N-dealkylation sites (tertiary alicyclic amines) is 2. The van der Waals surface area contributed by atoms with E-state index in [1.165, 1.54) is 5.56 Å². The molecule has 6 nitrogen and oxygen atoms in total. The lowest BCUT2D eigenvalue weighted by molar-refractivity contribution is -0.138. The van der Waals surface area contributed by atoms with Gasteiger partial charge in [-0.05, 0) is 50.3 Å². The molecular formula is C21H31N3O3. The van der Waals surface area contributed by atoms with Gasteiger partial charge in [0.25, 0.3) is 0 Å². The Morgan fingerprint density at radius 1 is 1.04 bits per heavy atom. The fourth-order valence-electron chi connectivity index (χ4n) is 4.20. The molecule has 1 atom stereocenters. The highest BCUT2D eigenvalue weighted by Crippen LogP contribution is 2.22. The van der Waals surface area contributed by atoms with Crippen LogP contribution in [0.3, 0.4) is 0 Å². The molecule has 0 saturated carbocycles. The molecule has 6 heteroatoms. The Balaban J connectivity index is 1.30. The zero-order valence-electron chi connectivity index (χ0n) is 16.0. The summed E-state index contributed by atoms with van der Waals surface area (Å²) in [6.07, 6.45) is 4.50. The Labute approximate surface area is 161 Å². The van der Waals surface area contributed by atoms with Crippen molar-refractivity contribution in [1.29, 1.82) is 0 Å². The summed E-state index contributed by atoms with van der Waals surface area (Å²) in [6.45, 7) is 4.69. The number of aliphatic carboxylic acids is 1. The molecule has 1 amide bonds. The van der Waals surface area contributed by atoms with Crippen LogP contribution in [0.25, 0.3) is 0 Å². The Morgan fingerprint density at radius 2 is 1.74 bits per heavy atom. The largest absolute Gasteiger partial charge is 0.480 e. The molecule has 2 fully saturated rings. The van der Waals surface area contributed by atoms with Gasteiger partial charge in [-0.3, -0.25) is 19.4 Å². The number of carbonyl (C=O) groups excluding carboxylic acids is 1. The molecule has 2 saturated heterocycles. The number of hydrogen-bond donors (Lipinski definition) is 2. The molecule has 3 rings (SSSR count). The minimum Gasteiger partial charge on any atom is -0.480 e. The van der Waals surface area contributed by atoms with E-state index < -0.39 is 5.97 Å². The number of nitrogens with zero attached hydrogens (tertiary/aromatic N) is 2. The lowest BCUT2D eigenvalue weighted by Crippen LogP contribution is -2.39. The van der Waals surface area contributed by atoms with E-state index in [4.69, 9.17) is 5.11 Å². The van der Waals surface area contributed by atoms with Crippen LogP contribution in [0.2, 0.25) is 0 Å². The summed E-state index contributed by atoms with van der Waals surface area (Å²) in [7, 11) is 0. The number of rotatable bonds is 8. The molecular weight excluding hydrogens is 342 g/mol. The van der Waals surface area contributed by atoms with Crippen molar-refractivity contribution < 1.29 is 14.7 Å². The first kappa shape index (κ1) is 19.8. The number of amides is 1. The van der Waals surface area contributed by atoms with Crippen molar-refractivity contribution in [3.05, 3.63) is 35.9 Å². The molecule has 1 aromatic rings. The smallest absolute Gasteiger partial charge is 0.317 e. The highest BCUT2D eigenvalue weighted by atomic mass is 16.4. The van der Waals surface area contributed by atoms with Crippen LogP contribution in [0, 0.1) is 5.92 Å². The van der Waals surface area contributed by atoms with Crippen molar-refractivity contribution in [2.45, 2.75) is 44.7 Å². The average molecular weight is 373 g/mol. The minimum absolute atomic E-state index is 0.133. The molecule has 2 N–H and O–H groups in total. The molecule has 2 aliphatic heterocycles. The van der Waals surface area contributed by atoms with Gasteiger partial charge in [0.1, 0.15) is 0 Å². The van der Waals surface area contributed by atoms with Gasteiger partial charge in [-0.2, -0.15) is 0 Å². The highest BCUT2D eigenvalue weighted by molar-refractivity contribution is 5.76. The molecule has 27 heavy (non-hydrogen) atoms. The van der Waals surface area contributed by atoms with Gasteiger partial charge in [-0.1, -0.05) is 30.3 Å². The summed E-state index contributed by atoms with van der Waals surface area (Å²) in [5, 5.41) is 12.0. The van der Waals surface area contributed by atoms with Crippen LogP contribution in [0.4, 0.5) is 0 Å². The van der Waals surface area contributed by atoms with Gasteiger partial charge in [0.2, 0.25) is 5.91 Å². The standard InChI is InChI=1S/C21H31N3O3/c25-20(7-6-17-8-11-23(12-9-17)16-21(26)27)22-19-10-13-24(15-19)14-18-4-2-1-3-5-18/h1-5,17,19H,6-16H2,(H,22,25)(H,26,27)/t19-/m1/s1. The predicted molar refractivity (Wildman–Crippen MR) is 104 cm³/mol. The molecule has 0 unspecified atom stereocenters. The first-order valence-electron chi connectivity index (χ1n) is 10.1. The van der Waals surface area contributed by atoms with Crippen LogP contribution < -0.4 is 5.32 Å². The quantitative estimate of drug-likeness (QED) is 0.729. The van der Waals surface area contributed by atoms with E-state index >= 15 is 0 Å². The molecule has 2 aliphatic rings. The van der Waals surface area contributed by atoms with E-state index in [2.05, 4.69) is 34.5 Å². The van der Waals surface area contributed by atoms with E-state index in [-0.39, 0.29) is 18.5 Å². The molecule has 0 spiro atoms. The van der Waals surface area contributed by atoms with E-state index in [1.54, 1.807) is 0 Å². The summed E-state index contributed by atoms with van der Waals surface area (Å²) >= 11 is 0. The maximum absolute atomic E-state index is 12.3. The van der Waals surface area contributed by atoms with Crippen molar-refractivity contribution in [3.63, 3.8) is 0 Å². The van der Waals surface area contributed by atoms with Crippen LogP contribution in [0.15, 0.2) is 30.3 Å². The lowest BCUT2D eigenvalue weighted by atomic mass is 9.92. The molecule has 1 aromatic carbocycles. The summed E-state index contributed by atoms with van der Waals surface area (Å²) in [5.41, 5.74) is 1.32. The monoisotopic (exact) mass is 373 g/mol. The second kappa shape index (κ2) is 9.85. The Kier molecular flexibility index (Phi) is 7.24. The van der Waals surface area contributed by atoms with Gasteiger partial charge in [-0.25, -0.2) is 0 Å². The zero-order chi connectivity index (χ0) is 19.1. The van der Waals surface area contributed by atoms with Gasteiger partial charge in [0.05, 0.1) is 6.54 Å². The SMILES string of the molecule is O=C(O)CN1CCC(CCC(=O)N[C@@H]2CCN(Cc3ccccc3)C2)CC1. The van der Waals surface area contributed by atoms with Crippen molar-refractivity contribution >= 4 is 11.9 Å². The number of hydrogen-bond acceptors (Lipinski definition) is 4. The van der Waals surface area contributed by atoms with Gasteiger partial charge in [0, 0.05) is 32.1 Å². The van der Waals surface area contributed by atoms with E-state index in [0.29, 0.717) is 12.3 Å². The second-order valence-corrected chi connectivity index (χ2v) is 7.93. The molecule has 148 valence electrons. The predicted octanol–water partition coefficient (Wildman–Crippen LogP) is 1.95. The Bertz CT molecular complexity index is 614. The fraction of sp³-hybridized carbons (Fsp3) is 0.619. The summed E-state index contributed by atoms with van der Waals surface area (Å²) in [6, 6.07) is 10.7. The Hall–Kier alpha value is -1.92. The van der Waals surface area contributed by atoms with Crippen LogP contribution in [-0.2, 0) is 16.1 Å². The maximum atomic E-state index is 12.3. The molecule has 2 heterocycles. The second-order valence-electron chi connectivity index (χ2n) is 7.93. The third kappa shape index (κ3) is 6.63. The minimum atomic E-state index is -0.759. The first-order chi connectivity index (χ1) is 13.1. The Morgan fingerprint density at radius 3 is 2.44 bits per heavy atom. The average Bonchev–Trinajstić information content (AvgIpc) is 3.08. The van der Waals surface area contributed by atoms with Crippen LogP contribution in [0.1, 0.15) is 37.7 Å². The third-order valence-electron chi connectivity index (χ3n) is 5.73. The van der Waals surface area contributed by atoms with Gasteiger partial charge in [-0.15, -0.1) is 0 Å². The van der Waals surface area contributed by atoms with E-state index in [0.717, 1.165) is 58.4 Å². The van der Waals surface area contributed by atoms with Gasteiger partial charge < -0.3 is 10.4 Å². The molecule has 0 aromatic heterocycles. The number of benzene rings is 1. The van der Waals surface area contributed by atoms with E-state index in [1.807, 2.05) is 11.0 Å². The van der Waals surface area contributed by atoms with Crippen molar-refractivity contribution in [2.24, 2.45) is 5.92 Å². The van der Waals surface area contributed by atoms with Gasteiger partial charge in [0.15, 0.2) is 0 Å². The number of piperidine rings is 1. The fourth-order valence-corrected chi connectivity index (χ4v) is 4.20. The summed E-state index contributed by atoms with van der Waals surface area (Å²) in [4.78, 5) is 27.4. The molecule has 0 radical (unpaired) electrons. The highest BCUT2D eigenvalue weighted by Gasteiger charge is 2.25. The van der Waals surface area contributed by atoms with Crippen molar-refractivity contribution in [3.8, 4) is 0 Å². The molecule has 0 bridgehead atoms. The number of carboxylic acid groups (broad SMARTS) is 1. The van der Waals surface area contributed by atoms with Gasteiger partial charge >= 0.3 is 5.97 Å². The number of nitrogens with one attached hydrogen (secondary N) is 1. The third-order valence-corrected chi connectivity index (χ3v) is 5.73. The van der Waals surface area contributed by atoms with Crippen molar-refractivity contribution in [2.75, 3.05) is 32.7 Å². The van der Waals surface area contributed by atoms with Crippen LogP contribution in [0.5, 0.6) is 0 Å².